The average Bonchev–Trinajstić information content (AvgIpc) is 2.53. The number of rotatable bonds is 2. The zero-order valence-electron chi connectivity index (χ0n) is 7.60. The van der Waals surface area contributed by atoms with Gasteiger partial charge in [-0.3, -0.25) is 0 Å². The third-order valence-corrected chi connectivity index (χ3v) is 3.57. The maximum Gasteiger partial charge on any atom is 0.163 e. The first-order valence-corrected chi connectivity index (χ1v) is 5.29. The van der Waals surface area contributed by atoms with Crippen molar-refractivity contribution in [1.82, 2.24) is 0 Å². The molecule has 2 rings (SSSR count). The van der Waals surface area contributed by atoms with Crippen LogP contribution in [-0.2, 0) is 9.47 Å². The molecular weight excluding hydrogens is 220 g/mol. The molecule has 2 aliphatic rings. The van der Waals surface area contributed by atoms with Gasteiger partial charge in [-0.15, -0.1) is 0 Å². The predicted molar refractivity (Wildman–Crippen MR) is 50.4 cm³/mol. The number of hydrogen-bond acceptors (Lipinski definition) is 2. The van der Waals surface area contributed by atoms with Crippen molar-refractivity contribution < 1.29 is 9.47 Å². The molecule has 0 radical (unpaired) electrons. The van der Waals surface area contributed by atoms with Gasteiger partial charge in [0.2, 0.25) is 0 Å². The van der Waals surface area contributed by atoms with Gasteiger partial charge in [0.25, 0.3) is 0 Å². The second-order valence-electron chi connectivity index (χ2n) is 4.31. The molecule has 0 aromatic rings. The zero-order valence-corrected chi connectivity index (χ0v) is 9.19. The fraction of sp³-hybridized carbons (Fsp3) is 1.00. The Kier molecular flexibility index (Phi) is 2.01. The van der Waals surface area contributed by atoms with E-state index in [0.29, 0.717) is 10.4 Å². The van der Waals surface area contributed by atoms with Crippen LogP contribution in [0, 0.1) is 0 Å². The van der Waals surface area contributed by atoms with Gasteiger partial charge >= 0.3 is 0 Å². The minimum Gasteiger partial charge on any atom is -0.348 e. The Morgan fingerprint density at radius 3 is 2.50 bits per heavy atom. The molecule has 1 aliphatic carbocycles. The van der Waals surface area contributed by atoms with Crippen LogP contribution in [0.1, 0.15) is 33.1 Å². The first kappa shape index (κ1) is 8.97. The summed E-state index contributed by atoms with van der Waals surface area (Å²) in [6.45, 7) is 4.70. The fourth-order valence-electron chi connectivity index (χ4n) is 1.61. The lowest BCUT2D eigenvalue weighted by molar-refractivity contribution is -0.139. The fourth-order valence-corrected chi connectivity index (χ4v) is 2.17. The number of alkyl halides is 1. The Morgan fingerprint density at radius 2 is 2.08 bits per heavy atom. The highest BCUT2D eigenvalue weighted by molar-refractivity contribution is 9.10. The topological polar surface area (TPSA) is 18.5 Å². The van der Waals surface area contributed by atoms with Crippen molar-refractivity contribution in [2.24, 2.45) is 0 Å². The van der Waals surface area contributed by atoms with E-state index in [1.807, 2.05) is 13.8 Å². The maximum atomic E-state index is 5.71. The Bertz CT molecular complexity index is 187. The van der Waals surface area contributed by atoms with Crippen LogP contribution < -0.4 is 0 Å². The van der Waals surface area contributed by atoms with E-state index in [-0.39, 0.29) is 5.79 Å². The Balaban J connectivity index is 1.84. The first-order valence-electron chi connectivity index (χ1n) is 4.50. The van der Waals surface area contributed by atoms with Gasteiger partial charge in [0.05, 0.1) is 12.7 Å². The molecule has 3 heteroatoms. The first-order chi connectivity index (χ1) is 5.49. The third-order valence-electron chi connectivity index (χ3n) is 2.45. The van der Waals surface area contributed by atoms with Crippen LogP contribution in [0.4, 0.5) is 0 Å². The van der Waals surface area contributed by atoms with E-state index in [0.717, 1.165) is 13.0 Å². The molecule has 0 spiro atoms. The van der Waals surface area contributed by atoms with Crippen molar-refractivity contribution in [2.75, 3.05) is 6.61 Å². The van der Waals surface area contributed by atoms with Gasteiger partial charge in [-0.1, -0.05) is 15.9 Å². The van der Waals surface area contributed by atoms with Crippen molar-refractivity contribution in [2.45, 2.75) is 49.3 Å². The molecule has 0 N–H and O–H groups in total. The van der Waals surface area contributed by atoms with Crippen LogP contribution in [0.5, 0.6) is 0 Å². The van der Waals surface area contributed by atoms with Gasteiger partial charge in [-0.2, -0.15) is 0 Å². The monoisotopic (exact) mass is 234 g/mol. The van der Waals surface area contributed by atoms with E-state index in [2.05, 4.69) is 15.9 Å². The maximum absolute atomic E-state index is 5.71. The molecule has 1 saturated carbocycles. The van der Waals surface area contributed by atoms with E-state index in [1.54, 1.807) is 0 Å². The molecule has 0 amide bonds. The van der Waals surface area contributed by atoms with Gasteiger partial charge in [0.15, 0.2) is 5.79 Å². The summed E-state index contributed by atoms with van der Waals surface area (Å²) in [5.41, 5.74) is 0. The summed E-state index contributed by atoms with van der Waals surface area (Å²) in [7, 11) is 0. The highest BCUT2D eigenvalue weighted by Gasteiger charge is 2.45. The second-order valence-corrected chi connectivity index (χ2v) is 5.99. The van der Waals surface area contributed by atoms with Crippen LogP contribution >= 0.6 is 15.9 Å². The van der Waals surface area contributed by atoms with Gasteiger partial charge in [-0.25, -0.2) is 0 Å². The smallest absolute Gasteiger partial charge is 0.163 e. The molecule has 1 atom stereocenters. The molecule has 2 fully saturated rings. The van der Waals surface area contributed by atoms with Crippen molar-refractivity contribution in [3.63, 3.8) is 0 Å². The lowest BCUT2D eigenvalue weighted by Gasteiger charge is -2.18. The summed E-state index contributed by atoms with van der Waals surface area (Å²) in [6.07, 6.45) is 3.96. The molecule has 1 aliphatic heterocycles. The molecule has 0 aromatic carbocycles. The summed E-state index contributed by atoms with van der Waals surface area (Å²) in [5, 5.41) is 0. The Labute approximate surface area is 81.7 Å². The Morgan fingerprint density at radius 1 is 1.42 bits per heavy atom. The minimum absolute atomic E-state index is 0.293. The normalized spacial score (nSPS) is 36.8. The SMILES string of the molecule is CC1(C)OC[C@@H](CC2(Br)CC2)O1. The summed E-state index contributed by atoms with van der Waals surface area (Å²) in [5.74, 6) is -0.358. The highest BCUT2D eigenvalue weighted by Crippen LogP contribution is 2.49. The summed E-state index contributed by atoms with van der Waals surface area (Å²) >= 11 is 3.70. The lowest BCUT2D eigenvalue weighted by atomic mass is 10.2. The number of hydrogen-bond donors (Lipinski definition) is 0. The molecule has 70 valence electrons. The largest absolute Gasteiger partial charge is 0.348 e. The second kappa shape index (κ2) is 2.69. The van der Waals surface area contributed by atoms with Crippen LogP contribution in [0.25, 0.3) is 0 Å². The molecule has 0 bridgehead atoms. The van der Waals surface area contributed by atoms with Crippen LogP contribution in [0.15, 0.2) is 0 Å². The molecule has 12 heavy (non-hydrogen) atoms. The van der Waals surface area contributed by atoms with E-state index in [1.165, 1.54) is 12.8 Å². The van der Waals surface area contributed by atoms with Gasteiger partial charge in [0.1, 0.15) is 0 Å². The van der Waals surface area contributed by atoms with E-state index in [9.17, 15) is 0 Å². The van der Waals surface area contributed by atoms with Crippen molar-refractivity contribution in [3.8, 4) is 0 Å². The van der Waals surface area contributed by atoms with Crippen molar-refractivity contribution in [3.05, 3.63) is 0 Å². The molecule has 0 unspecified atom stereocenters. The standard InChI is InChI=1S/C9H15BrO2/c1-8(2)11-6-7(12-8)5-9(10)3-4-9/h7H,3-6H2,1-2H3/t7-/m1/s1. The van der Waals surface area contributed by atoms with Gasteiger partial charge in [0, 0.05) is 4.32 Å². The van der Waals surface area contributed by atoms with Crippen LogP contribution in [-0.4, -0.2) is 22.8 Å². The number of halogens is 1. The molecular formula is C9H15BrO2. The quantitative estimate of drug-likeness (QED) is 0.684. The summed E-state index contributed by atoms with van der Waals surface area (Å²) in [6, 6.07) is 0. The van der Waals surface area contributed by atoms with Crippen LogP contribution in [0.2, 0.25) is 0 Å². The average molecular weight is 235 g/mol. The molecule has 0 aromatic heterocycles. The minimum atomic E-state index is -0.358. The zero-order chi connectivity index (χ0) is 8.82. The lowest BCUT2D eigenvalue weighted by Crippen LogP contribution is -2.23. The van der Waals surface area contributed by atoms with Gasteiger partial charge in [-0.05, 0) is 33.1 Å². The van der Waals surface area contributed by atoms with Gasteiger partial charge < -0.3 is 9.47 Å². The summed E-state index contributed by atoms with van der Waals surface area (Å²) in [4.78, 5) is 0. The summed E-state index contributed by atoms with van der Waals surface area (Å²) < 4.78 is 11.6. The van der Waals surface area contributed by atoms with E-state index in [4.69, 9.17) is 9.47 Å². The number of ether oxygens (including phenoxy) is 2. The van der Waals surface area contributed by atoms with Crippen molar-refractivity contribution in [1.29, 1.82) is 0 Å². The molecule has 1 heterocycles. The van der Waals surface area contributed by atoms with Crippen LogP contribution in [0.3, 0.4) is 0 Å². The van der Waals surface area contributed by atoms with Crippen molar-refractivity contribution >= 4 is 15.9 Å². The highest BCUT2D eigenvalue weighted by atomic mass is 79.9. The third kappa shape index (κ3) is 2.01. The molecule has 2 nitrogen and oxygen atoms in total. The predicted octanol–water partition coefficient (Wildman–Crippen LogP) is 2.46. The Hall–Kier alpha value is 0.400. The van der Waals surface area contributed by atoms with E-state index < -0.39 is 0 Å². The molecule has 1 saturated heterocycles. The van der Waals surface area contributed by atoms with E-state index >= 15 is 0 Å².